The van der Waals surface area contributed by atoms with Crippen LogP contribution in [0, 0.1) is 0 Å². The molecule has 0 atom stereocenters. The van der Waals surface area contributed by atoms with Crippen molar-refractivity contribution in [3.63, 3.8) is 0 Å². The number of hydrogen-bond acceptors (Lipinski definition) is 3. The van der Waals surface area contributed by atoms with Crippen molar-refractivity contribution >= 4 is 11.8 Å². The minimum absolute atomic E-state index is 0.0515. The van der Waals surface area contributed by atoms with E-state index in [4.69, 9.17) is 0 Å². The summed E-state index contributed by atoms with van der Waals surface area (Å²) in [5.74, 6) is -0.231. The Morgan fingerprint density at radius 2 is 1.55 bits per heavy atom. The Bertz CT molecular complexity index is 867. The Labute approximate surface area is 187 Å². The number of hydrogen-bond donors (Lipinski definition) is 2. The van der Waals surface area contributed by atoms with Crippen LogP contribution in [-0.2, 0) is 23.3 Å². The van der Waals surface area contributed by atoms with Crippen LogP contribution in [-0.4, -0.2) is 36.3 Å². The van der Waals surface area contributed by atoms with Gasteiger partial charge in [-0.05, 0) is 55.1 Å². The first-order valence-electron chi connectivity index (χ1n) is 11.0. The van der Waals surface area contributed by atoms with E-state index in [0.717, 1.165) is 12.1 Å². The van der Waals surface area contributed by atoms with E-state index in [1.165, 1.54) is 11.1 Å². The zero-order valence-electron chi connectivity index (χ0n) is 19.8. The van der Waals surface area contributed by atoms with E-state index in [1.54, 1.807) is 0 Å². The van der Waals surface area contributed by atoms with Gasteiger partial charge in [-0.25, -0.2) is 0 Å². The van der Waals surface area contributed by atoms with Gasteiger partial charge in [-0.2, -0.15) is 0 Å². The number of rotatable bonds is 9. The van der Waals surface area contributed by atoms with Crippen LogP contribution >= 0.6 is 0 Å². The summed E-state index contributed by atoms with van der Waals surface area (Å²) in [6.45, 7) is 12.4. The van der Waals surface area contributed by atoms with E-state index in [1.807, 2.05) is 42.5 Å². The number of benzene rings is 2. The summed E-state index contributed by atoms with van der Waals surface area (Å²) in [5, 5.41) is 5.80. The van der Waals surface area contributed by atoms with Crippen LogP contribution in [0.1, 0.15) is 68.1 Å². The van der Waals surface area contributed by atoms with Crippen LogP contribution < -0.4 is 10.6 Å². The van der Waals surface area contributed by atoms with Crippen molar-refractivity contribution < 1.29 is 9.59 Å². The summed E-state index contributed by atoms with van der Waals surface area (Å²) >= 11 is 0. The van der Waals surface area contributed by atoms with Crippen molar-refractivity contribution in [3.05, 3.63) is 70.8 Å². The molecular formula is C26H37N3O2. The zero-order valence-corrected chi connectivity index (χ0v) is 19.8. The summed E-state index contributed by atoms with van der Waals surface area (Å²) in [5.41, 5.74) is 4.17. The number of carbonyl (C=O) groups excluding carboxylic acids is 2. The van der Waals surface area contributed by atoms with Crippen LogP contribution in [0.25, 0.3) is 0 Å². The molecule has 31 heavy (non-hydrogen) atoms. The van der Waals surface area contributed by atoms with Crippen molar-refractivity contribution in [2.24, 2.45) is 0 Å². The largest absolute Gasteiger partial charge is 0.352 e. The second-order valence-electron chi connectivity index (χ2n) is 9.39. The minimum atomic E-state index is -0.157. The summed E-state index contributed by atoms with van der Waals surface area (Å²) in [6, 6.07) is 16.3. The SMILES string of the molecule is CC(C)N(C)Cc1ccccc1CNC(=O)CCNC(=O)c1ccc(C(C)(C)C)cc1. The van der Waals surface area contributed by atoms with Gasteiger partial charge in [-0.3, -0.25) is 14.5 Å². The highest BCUT2D eigenvalue weighted by Gasteiger charge is 2.14. The van der Waals surface area contributed by atoms with Crippen molar-refractivity contribution in [3.8, 4) is 0 Å². The van der Waals surface area contributed by atoms with Gasteiger partial charge in [0, 0.05) is 37.7 Å². The van der Waals surface area contributed by atoms with Crippen LogP contribution in [0.15, 0.2) is 48.5 Å². The molecule has 2 rings (SSSR count). The average Bonchev–Trinajstić information content (AvgIpc) is 2.72. The maximum atomic E-state index is 12.3. The standard InChI is InChI=1S/C26H37N3O2/c1-19(2)29(6)18-22-10-8-7-9-21(22)17-28-24(30)15-16-27-25(31)20-11-13-23(14-12-20)26(3,4)5/h7-14,19H,15-18H2,1-6H3,(H,27,31)(H,28,30). The van der Waals surface area contributed by atoms with E-state index >= 15 is 0 Å². The summed E-state index contributed by atoms with van der Waals surface area (Å²) < 4.78 is 0. The lowest BCUT2D eigenvalue weighted by atomic mass is 9.87. The van der Waals surface area contributed by atoms with Crippen molar-refractivity contribution in [1.82, 2.24) is 15.5 Å². The molecule has 0 aliphatic rings. The zero-order chi connectivity index (χ0) is 23.0. The molecule has 2 N–H and O–H groups in total. The molecule has 5 nitrogen and oxygen atoms in total. The van der Waals surface area contributed by atoms with E-state index < -0.39 is 0 Å². The Hall–Kier alpha value is -2.66. The number of nitrogens with one attached hydrogen (secondary N) is 2. The van der Waals surface area contributed by atoms with E-state index in [-0.39, 0.29) is 23.7 Å². The lowest BCUT2D eigenvalue weighted by molar-refractivity contribution is -0.121. The monoisotopic (exact) mass is 423 g/mol. The molecule has 0 aliphatic heterocycles. The lowest BCUT2D eigenvalue weighted by Gasteiger charge is -2.22. The van der Waals surface area contributed by atoms with Gasteiger partial charge in [0.2, 0.25) is 5.91 Å². The first-order valence-corrected chi connectivity index (χ1v) is 11.0. The summed E-state index contributed by atoms with van der Waals surface area (Å²) in [6.07, 6.45) is 0.250. The second kappa shape index (κ2) is 11.1. The average molecular weight is 424 g/mol. The predicted molar refractivity (Wildman–Crippen MR) is 127 cm³/mol. The molecule has 2 aromatic carbocycles. The van der Waals surface area contributed by atoms with Crippen molar-refractivity contribution in [2.75, 3.05) is 13.6 Å². The smallest absolute Gasteiger partial charge is 0.251 e. The van der Waals surface area contributed by atoms with Gasteiger partial charge in [0.05, 0.1) is 0 Å². The number of amides is 2. The fraction of sp³-hybridized carbons (Fsp3) is 0.462. The molecule has 2 aromatic rings. The highest BCUT2D eigenvalue weighted by molar-refractivity contribution is 5.94. The van der Waals surface area contributed by atoms with Gasteiger partial charge in [0.25, 0.3) is 5.91 Å². The van der Waals surface area contributed by atoms with E-state index in [2.05, 4.69) is 63.3 Å². The molecule has 2 amide bonds. The molecule has 168 valence electrons. The van der Waals surface area contributed by atoms with E-state index in [0.29, 0.717) is 24.7 Å². The Morgan fingerprint density at radius 1 is 0.935 bits per heavy atom. The minimum Gasteiger partial charge on any atom is -0.352 e. The Balaban J connectivity index is 1.79. The van der Waals surface area contributed by atoms with Gasteiger partial charge >= 0.3 is 0 Å². The molecule has 0 saturated carbocycles. The highest BCUT2D eigenvalue weighted by atomic mass is 16.2. The molecule has 0 fully saturated rings. The number of carbonyl (C=O) groups is 2. The lowest BCUT2D eigenvalue weighted by Crippen LogP contribution is -2.31. The quantitative estimate of drug-likeness (QED) is 0.633. The van der Waals surface area contributed by atoms with Gasteiger partial charge in [0.15, 0.2) is 0 Å². The van der Waals surface area contributed by atoms with E-state index in [9.17, 15) is 9.59 Å². The third kappa shape index (κ3) is 7.83. The first-order chi connectivity index (χ1) is 14.6. The third-order valence-electron chi connectivity index (χ3n) is 5.55. The van der Waals surface area contributed by atoms with Crippen LogP contribution in [0.5, 0.6) is 0 Å². The maximum Gasteiger partial charge on any atom is 0.251 e. The molecule has 5 heteroatoms. The summed E-state index contributed by atoms with van der Waals surface area (Å²) in [4.78, 5) is 26.8. The fourth-order valence-corrected chi connectivity index (χ4v) is 3.13. The second-order valence-corrected chi connectivity index (χ2v) is 9.39. The fourth-order valence-electron chi connectivity index (χ4n) is 3.13. The van der Waals surface area contributed by atoms with Crippen LogP contribution in [0.3, 0.4) is 0 Å². The maximum absolute atomic E-state index is 12.3. The molecule has 0 aromatic heterocycles. The molecule has 0 aliphatic carbocycles. The Kier molecular flexibility index (Phi) is 8.81. The molecule has 0 saturated heterocycles. The van der Waals surface area contributed by atoms with Crippen LogP contribution in [0.4, 0.5) is 0 Å². The molecule has 0 spiro atoms. The molecule has 0 unspecified atom stereocenters. The number of nitrogens with zero attached hydrogens (tertiary/aromatic N) is 1. The summed E-state index contributed by atoms with van der Waals surface area (Å²) in [7, 11) is 2.10. The molecule has 0 bridgehead atoms. The van der Waals surface area contributed by atoms with Gasteiger partial charge in [-0.1, -0.05) is 57.2 Å². The molecular weight excluding hydrogens is 386 g/mol. The third-order valence-corrected chi connectivity index (χ3v) is 5.55. The predicted octanol–water partition coefficient (Wildman–Crippen LogP) is 4.26. The topological polar surface area (TPSA) is 61.4 Å². The van der Waals surface area contributed by atoms with Gasteiger partial charge in [0.1, 0.15) is 0 Å². The molecule has 0 heterocycles. The van der Waals surface area contributed by atoms with Crippen LogP contribution in [0.2, 0.25) is 0 Å². The van der Waals surface area contributed by atoms with Crippen molar-refractivity contribution in [1.29, 1.82) is 0 Å². The van der Waals surface area contributed by atoms with Gasteiger partial charge in [-0.15, -0.1) is 0 Å². The Morgan fingerprint density at radius 3 is 2.13 bits per heavy atom. The first kappa shape index (κ1) is 24.6. The highest BCUT2D eigenvalue weighted by Crippen LogP contribution is 2.22. The normalized spacial score (nSPS) is 11.6. The van der Waals surface area contributed by atoms with Gasteiger partial charge < -0.3 is 10.6 Å². The molecule has 0 radical (unpaired) electrons. The van der Waals surface area contributed by atoms with Crippen molar-refractivity contribution in [2.45, 2.75) is 65.6 Å².